The summed E-state index contributed by atoms with van der Waals surface area (Å²) in [5, 5.41) is 3.30. The van der Waals surface area contributed by atoms with Gasteiger partial charge < -0.3 is 10.2 Å². The first kappa shape index (κ1) is 11.5. The highest BCUT2D eigenvalue weighted by Gasteiger charge is 2.25. The highest BCUT2D eigenvalue weighted by Crippen LogP contribution is 2.11. The molecule has 1 fully saturated rings. The highest BCUT2D eigenvalue weighted by molar-refractivity contribution is 5.82. The number of likely N-dealkylation sites (N-methyl/N-ethyl adjacent to an activating group) is 1. The van der Waals surface area contributed by atoms with Crippen molar-refractivity contribution in [2.24, 2.45) is 0 Å². The Bertz CT molecular complexity index is 186. The van der Waals surface area contributed by atoms with Crippen LogP contribution in [-0.4, -0.2) is 36.0 Å². The first-order valence-corrected chi connectivity index (χ1v) is 5.70. The molecule has 82 valence electrons. The van der Waals surface area contributed by atoms with E-state index in [0.29, 0.717) is 6.04 Å². The largest absolute Gasteiger partial charge is 0.339 e. The lowest BCUT2D eigenvalue weighted by molar-refractivity contribution is -0.135. The Morgan fingerprint density at radius 3 is 2.64 bits per heavy atom. The zero-order valence-electron chi connectivity index (χ0n) is 9.55. The number of rotatable bonds is 3. The number of nitrogens with zero attached hydrogens (tertiary/aromatic N) is 1. The van der Waals surface area contributed by atoms with Crippen LogP contribution in [0.25, 0.3) is 0 Å². The lowest BCUT2D eigenvalue weighted by Crippen LogP contribution is -2.50. The molecule has 0 saturated carbocycles. The maximum Gasteiger partial charge on any atom is 0.239 e. The predicted octanol–water partition coefficient (Wildman–Crippen LogP) is 1.39. The molecule has 1 saturated heterocycles. The van der Waals surface area contributed by atoms with Crippen molar-refractivity contribution < 1.29 is 4.79 Å². The molecule has 1 rings (SSSR count). The first-order valence-electron chi connectivity index (χ1n) is 5.70. The van der Waals surface area contributed by atoms with Crippen LogP contribution in [0.1, 0.15) is 40.0 Å². The van der Waals surface area contributed by atoms with Gasteiger partial charge in [0.15, 0.2) is 0 Å². The van der Waals surface area contributed by atoms with Crippen LogP contribution in [0.15, 0.2) is 0 Å². The van der Waals surface area contributed by atoms with Gasteiger partial charge in [0, 0.05) is 12.6 Å². The van der Waals surface area contributed by atoms with Gasteiger partial charge >= 0.3 is 0 Å². The van der Waals surface area contributed by atoms with Crippen molar-refractivity contribution in [2.75, 3.05) is 13.1 Å². The molecule has 0 radical (unpaired) electrons. The van der Waals surface area contributed by atoms with Crippen LogP contribution in [0.4, 0.5) is 0 Å². The molecule has 1 heterocycles. The average Bonchev–Trinajstić information content (AvgIpc) is 2.19. The highest BCUT2D eigenvalue weighted by atomic mass is 16.2. The van der Waals surface area contributed by atoms with E-state index >= 15 is 0 Å². The Morgan fingerprint density at radius 2 is 2.21 bits per heavy atom. The number of carbonyl (C=O) groups is 1. The molecule has 1 aliphatic rings. The molecule has 1 unspecified atom stereocenters. The van der Waals surface area contributed by atoms with E-state index in [4.69, 9.17) is 0 Å². The quantitative estimate of drug-likeness (QED) is 0.743. The van der Waals surface area contributed by atoms with Gasteiger partial charge in [-0.15, -0.1) is 0 Å². The lowest BCUT2D eigenvalue weighted by Gasteiger charge is -2.31. The van der Waals surface area contributed by atoms with Gasteiger partial charge in [0.25, 0.3) is 0 Å². The van der Waals surface area contributed by atoms with E-state index in [1.54, 1.807) is 0 Å². The van der Waals surface area contributed by atoms with Crippen LogP contribution in [0.5, 0.6) is 0 Å². The third kappa shape index (κ3) is 2.71. The number of hydrogen-bond acceptors (Lipinski definition) is 2. The van der Waals surface area contributed by atoms with Gasteiger partial charge in [-0.3, -0.25) is 4.79 Å². The molecule has 3 nitrogen and oxygen atoms in total. The molecule has 14 heavy (non-hydrogen) atoms. The maximum absolute atomic E-state index is 12.0. The minimum atomic E-state index is 0.0751. The third-order valence-electron chi connectivity index (χ3n) is 2.86. The van der Waals surface area contributed by atoms with Crippen LogP contribution in [0, 0.1) is 0 Å². The molecule has 1 amide bonds. The van der Waals surface area contributed by atoms with Gasteiger partial charge in [-0.1, -0.05) is 6.42 Å². The summed E-state index contributed by atoms with van der Waals surface area (Å²) in [7, 11) is 0. The summed E-state index contributed by atoms with van der Waals surface area (Å²) in [5.41, 5.74) is 0. The fraction of sp³-hybridized carbons (Fsp3) is 0.909. The topological polar surface area (TPSA) is 32.3 Å². The van der Waals surface area contributed by atoms with E-state index in [2.05, 4.69) is 19.2 Å². The fourth-order valence-electron chi connectivity index (χ4n) is 2.04. The second-order valence-corrected chi connectivity index (χ2v) is 4.22. The first-order chi connectivity index (χ1) is 6.66. The SMILES string of the molecule is CCN(C(=O)C1CCCCN1)C(C)C. The zero-order valence-corrected chi connectivity index (χ0v) is 9.55. The van der Waals surface area contributed by atoms with E-state index in [1.165, 1.54) is 12.8 Å². The van der Waals surface area contributed by atoms with Crippen LogP contribution >= 0.6 is 0 Å². The summed E-state index contributed by atoms with van der Waals surface area (Å²) in [4.78, 5) is 14.0. The molecule has 0 aromatic carbocycles. The van der Waals surface area contributed by atoms with E-state index < -0.39 is 0 Å². The molecule has 3 heteroatoms. The summed E-state index contributed by atoms with van der Waals surface area (Å²) < 4.78 is 0. The van der Waals surface area contributed by atoms with E-state index in [0.717, 1.165) is 19.5 Å². The van der Waals surface area contributed by atoms with Crippen LogP contribution in [-0.2, 0) is 4.79 Å². The molecule has 1 aliphatic heterocycles. The molecule has 0 aromatic heterocycles. The molecular formula is C11H22N2O. The summed E-state index contributed by atoms with van der Waals surface area (Å²) in [6.45, 7) is 8.00. The normalized spacial score (nSPS) is 22.4. The summed E-state index contributed by atoms with van der Waals surface area (Å²) in [6.07, 6.45) is 3.39. The summed E-state index contributed by atoms with van der Waals surface area (Å²) in [6, 6.07) is 0.391. The van der Waals surface area contributed by atoms with Crippen molar-refractivity contribution in [3.63, 3.8) is 0 Å². The Kier molecular flexibility index (Phi) is 4.39. The van der Waals surface area contributed by atoms with Crippen molar-refractivity contribution in [3.8, 4) is 0 Å². The number of amides is 1. The molecule has 1 N–H and O–H groups in total. The van der Waals surface area contributed by atoms with E-state index in [1.807, 2.05) is 11.8 Å². The summed E-state index contributed by atoms with van der Waals surface area (Å²) >= 11 is 0. The minimum Gasteiger partial charge on any atom is -0.339 e. The molecule has 0 spiro atoms. The predicted molar refractivity (Wildman–Crippen MR) is 58.2 cm³/mol. The van der Waals surface area contributed by atoms with Gasteiger partial charge in [-0.25, -0.2) is 0 Å². The Hall–Kier alpha value is -0.570. The van der Waals surface area contributed by atoms with Crippen LogP contribution in [0.3, 0.4) is 0 Å². The monoisotopic (exact) mass is 198 g/mol. The van der Waals surface area contributed by atoms with Crippen LogP contribution in [0.2, 0.25) is 0 Å². The molecule has 0 aliphatic carbocycles. The van der Waals surface area contributed by atoms with Crippen molar-refractivity contribution in [3.05, 3.63) is 0 Å². The Balaban J connectivity index is 2.52. The number of carbonyl (C=O) groups excluding carboxylic acids is 1. The Morgan fingerprint density at radius 1 is 1.50 bits per heavy atom. The smallest absolute Gasteiger partial charge is 0.239 e. The standard InChI is InChI=1S/C11H22N2O/c1-4-13(9(2)3)11(14)10-7-5-6-8-12-10/h9-10,12H,4-8H2,1-3H3. The average molecular weight is 198 g/mol. The summed E-state index contributed by atoms with van der Waals surface area (Å²) in [5.74, 6) is 0.280. The zero-order chi connectivity index (χ0) is 10.6. The van der Waals surface area contributed by atoms with Gasteiger partial charge in [0.2, 0.25) is 5.91 Å². The van der Waals surface area contributed by atoms with E-state index in [9.17, 15) is 4.79 Å². The second-order valence-electron chi connectivity index (χ2n) is 4.22. The number of hydrogen-bond donors (Lipinski definition) is 1. The maximum atomic E-state index is 12.0. The fourth-order valence-corrected chi connectivity index (χ4v) is 2.04. The number of nitrogens with one attached hydrogen (secondary N) is 1. The lowest BCUT2D eigenvalue weighted by atomic mass is 10.0. The van der Waals surface area contributed by atoms with Crippen molar-refractivity contribution in [2.45, 2.75) is 52.1 Å². The van der Waals surface area contributed by atoms with Crippen molar-refractivity contribution in [1.29, 1.82) is 0 Å². The molecule has 0 bridgehead atoms. The molecule has 0 aromatic rings. The third-order valence-corrected chi connectivity index (χ3v) is 2.86. The second kappa shape index (κ2) is 5.35. The minimum absolute atomic E-state index is 0.0751. The van der Waals surface area contributed by atoms with Crippen molar-refractivity contribution >= 4 is 5.91 Å². The van der Waals surface area contributed by atoms with Crippen molar-refractivity contribution in [1.82, 2.24) is 10.2 Å². The van der Waals surface area contributed by atoms with Gasteiger partial charge in [0.05, 0.1) is 6.04 Å². The molecule has 1 atom stereocenters. The van der Waals surface area contributed by atoms with Crippen LogP contribution < -0.4 is 5.32 Å². The number of piperidine rings is 1. The Labute approximate surface area is 86.9 Å². The molecular weight excluding hydrogens is 176 g/mol. The van der Waals surface area contributed by atoms with E-state index in [-0.39, 0.29) is 11.9 Å². The van der Waals surface area contributed by atoms with Gasteiger partial charge in [0.1, 0.15) is 0 Å². The van der Waals surface area contributed by atoms with Gasteiger partial charge in [-0.05, 0) is 40.2 Å². The van der Waals surface area contributed by atoms with Gasteiger partial charge in [-0.2, -0.15) is 0 Å².